The highest BCUT2D eigenvalue weighted by Crippen LogP contribution is 2.23. The summed E-state index contributed by atoms with van der Waals surface area (Å²) >= 11 is 1.86. The summed E-state index contributed by atoms with van der Waals surface area (Å²) in [5.41, 5.74) is 3.63. The highest BCUT2D eigenvalue weighted by molar-refractivity contribution is 7.99. The molecule has 0 saturated heterocycles. The van der Waals surface area contributed by atoms with Crippen molar-refractivity contribution in [3.8, 4) is 0 Å². The number of thioether (sulfide) groups is 1. The highest BCUT2D eigenvalue weighted by Gasteiger charge is 1.97. The van der Waals surface area contributed by atoms with Crippen LogP contribution < -0.4 is 16.6 Å². The number of benzene rings is 1. The second-order valence-electron chi connectivity index (χ2n) is 3.25. The summed E-state index contributed by atoms with van der Waals surface area (Å²) in [6.45, 7) is 4.96. The van der Waals surface area contributed by atoms with E-state index in [-0.39, 0.29) is 0 Å². The minimum atomic E-state index is 0.580. The summed E-state index contributed by atoms with van der Waals surface area (Å²) in [4.78, 5) is 1.30. The molecule has 0 aliphatic heterocycles. The lowest BCUT2D eigenvalue weighted by molar-refractivity contribution is 0.790. The van der Waals surface area contributed by atoms with E-state index in [1.807, 2.05) is 11.8 Å². The van der Waals surface area contributed by atoms with E-state index in [2.05, 4.69) is 48.9 Å². The van der Waals surface area contributed by atoms with Crippen molar-refractivity contribution in [3.05, 3.63) is 24.3 Å². The molecule has 0 spiro atoms. The van der Waals surface area contributed by atoms with Gasteiger partial charge in [-0.3, -0.25) is 5.84 Å². The first-order valence-corrected chi connectivity index (χ1v) is 5.54. The number of nitrogens with two attached hydrogens (primary N) is 1. The molecular weight excluding hydrogens is 194 g/mol. The van der Waals surface area contributed by atoms with Crippen molar-refractivity contribution in [2.75, 3.05) is 12.0 Å². The Labute approximate surface area is 89.4 Å². The molecule has 1 aromatic rings. The summed E-state index contributed by atoms with van der Waals surface area (Å²) in [6, 6.07) is 8.34. The fourth-order valence-corrected chi connectivity index (χ4v) is 1.91. The Morgan fingerprint density at radius 1 is 1.29 bits per heavy atom. The molecule has 3 nitrogen and oxygen atoms in total. The van der Waals surface area contributed by atoms with Gasteiger partial charge < -0.3 is 5.32 Å². The molecule has 0 saturated carbocycles. The lowest BCUT2D eigenvalue weighted by Gasteiger charge is -2.07. The van der Waals surface area contributed by atoms with Gasteiger partial charge in [-0.1, -0.05) is 13.8 Å². The second kappa shape index (κ2) is 5.90. The number of hydrogen-bond donors (Lipinski definition) is 3. The van der Waals surface area contributed by atoms with Gasteiger partial charge in [-0.15, -0.1) is 11.8 Å². The maximum absolute atomic E-state index is 5.16. The van der Waals surface area contributed by atoms with Crippen molar-refractivity contribution >= 4 is 17.4 Å². The molecule has 0 atom stereocenters. The number of hydrogen-bond acceptors (Lipinski definition) is 4. The van der Waals surface area contributed by atoms with Gasteiger partial charge in [0.25, 0.3) is 0 Å². The van der Waals surface area contributed by atoms with Gasteiger partial charge in [-0.05, 0) is 24.3 Å². The van der Waals surface area contributed by atoms with E-state index in [0.717, 1.165) is 5.69 Å². The zero-order valence-corrected chi connectivity index (χ0v) is 9.40. The molecular formula is C10H17N3S. The Bertz CT molecular complexity index is 259. The smallest absolute Gasteiger partial charge is 0.0780 e. The topological polar surface area (TPSA) is 50.1 Å². The quantitative estimate of drug-likeness (QED) is 0.302. The SMILES string of the molecule is CC(C)Sc1ccc(NCNN)cc1. The number of rotatable bonds is 5. The van der Waals surface area contributed by atoms with E-state index in [4.69, 9.17) is 5.84 Å². The van der Waals surface area contributed by atoms with Gasteiger partial charge in [-0.25, -0.2) is 5.43 Å². The van der Waals surface area contributed by atoms with E-state index < -0.39 is 0 Å². The maximum Gasteiger partial charge on any atom is 0.0780 e. The van der Waals surface area contributed by atoms with Crippen LogP contribution >= 0.6 is 11.8 Å². The molecule has 0 aliphatic rings. The molecule has 0 heterocycles. The molecule has 0 radical (unpaired) electrons. The molecule has 0 amide bonds. The van der Waals surface area contributed by atoms with Gasteiger partial charge in [0.05, 0.1) is 6.67 Å². The van der Waals surface area contributed by atoms with Gasteiger partial charge in [0.1, 0.15) is 0 Å². The van der Waals surface area contributed by atoms with Crippen molar-refractivity contribution in [1.29, 1.82) is 0 Å². The van der Waals surface area contributed by atoms with Gasteiger partial charge in [0.2, 0.25) is 0 Å². The van der Waals surface area contributed by atoms with Crippen LogP contribution in [-0.2, 0) is 0 Å². The fourth-order valence-electron chi connectivity index (χ4n) is 1.08. The van der Waals surface area contributed by atoms with E-state index >= 15 is 0 Å². The number of anilines is 1. The Balaban J connectivity index is 2.50. The van der Waals surface area contributed by atoms with Crippen molar-refractivity contribution in [3.63, 3.8) is 0 Å². The standard InChI is InChI=1S/C10H17N3S/c1-8(2)14-10-5-3-9(4-6-10)12-7-13-11/h3-6,8,12-13H,7,11H2,1-2H3. The average molecular weight is 211 g/mol. The fraction of sp³-hybridized carbons (Fsp3) is 0.400. The molecule has 0 unspecified atom stereocenters. The van der Waals surface area contributed by atoms with Crippen molar-refractivity contribution in [2.45, 2.75) is 24.0 Å². The number of hydrazine groups is 1. The maximum atomic E-state index is 5.16. The van der Waals surface area contributed by atoms with E-state index in [1.165, 1.54) is 4.90 Å². The summed E-state index contributed by atoms with van der Waals surface area (Å²) in [7, 11) is 0. The Hall–Kier alpha value is -0.710. The zero-order valence-electron chi connectivity index (χ0n) is 8.58. The molecule has 4 N–H and O–H groups in total. The van der Waals surface area contributed by atoms with Crippen LogP contribution in [0.15, 0.2) is 29.2 Å². The van der Waals surface area contributed by atoms with Gasteiger partial charge in [-0.2, -0.15) is 0 Å². The van der Waals surface area contributed by atoms with Crippen LogP contribution in [0, 0.1) is 0 Å². The molecule has 1 aromatic carbocycles. The average Bonchev–Trinajstić information content (AvgIpc) is 2.16. The normalized spacial score (nSPS) is 10.6. The van der Waals surface area contributed by atoms with E-state index in [9.17, 15) is 0 Å². The summed E-state index contributed by atoms with van der Waals surface area (Å²) in [5, 5.41) is 3.75. The molecule has 0 aromatic heterocycles. The first kappa shape index (κ1) is 11.4. The Kier molecular flexibility index (Phi) is 4.79. The summed E-state index contributed by atoms with van der Waals surface area (Å²) in [6.07, 6.45) is 0. The van der Waals surface area contributed by atoms with E-state index in [0.29, 0.717) is 11.9 Å². The van der Waals surface area contributed by atoms with Gasteiger partial charge >= 0.3 is 0 Å². The van der Waals surface area contributed by atoms with Gasteiger partial charge in [0, 0.05) is 15.8 Å². The first-order valence-electron chi connectivity index (χ1n) is 4.66. The third kappa shape index (κ3) is 4.00. The number of nitrogens with one attached hydrogen (secondary N) is 2. The third-order valence-electron chi connectivity index (χ3n) is 1.62. The van der Waals surface area contributed by atoms with Crippen LogP contribution in [0.5, 0.6) is 0 Å². The van der Waals surface area contributed by atoms with Crippen molar-refractivity contribution < 1.29 is 0 Å². The molecule has 4 heteroatoms. The minimum Gasteiger partial charge on any atom is -0.371 e. The van der Waals surface area contributed by atoms with Gasteiger partial charge in [0.15, 0.2) is 0 Å². The molecule has 0 bridgehead atoms. The zero-order chi connectivity index (χ0) is 10.4. The highest BCUT2D eigenvalue weighted by atomic mass is 32.2. The van der Waals surface area contributed by atoms with Crippen LogP contribution in [-0.4, -0.2) is 11.9 Å². The van der Waals surface area contributed by atoms with Crippen molar-refractivity contribution in [1.82, 2.24) is 5.43 Å². The third-order valence-corrected chi connectivity index (χ3v) is 2.64. The lowest BCUT2D eigenvalue weighted by atomic mass is 10.3. The van der Waals surface area contributed by atoms with Crippen LogP contribution in [0.3, 0.4) is 0 Å². The largest absolute Gasteiger partial charge is 0.371 e. The molecule has 0 fully saturated rings. The van der Waals surface area contributed by atoms with Crippen LogP contribution in [0.4, 0.5) is 5.69 Å². The summed E-state index contributed by atoms with van der Waals surface area (Å²) < 4.78 is 0. The summed E-state index contributed by atoms with van der Waals surface area (Å²) in [5.74, 6) is 5.16. The van der Waals surface area contributed by atoms with Crippen LogP contribution in [0.25, 0.3) is 0 Å². The Morgan fingerprint density at radius 2 is 1.93 bits per heavy atom. The monoisotopic (exact) mass is 211 g/mol. The lowest BCUT2D eigenvalue weighted by Crippen LogP contribution is -2.28. The van der Waals surface area contributed by atoms with Crippen LogP contribution in [0.1, 0.15) is 13.8 Å². The molecule has 78 valence electrons. The molecule has 1 rings (SSSR count). The second-order valence-corrected chi connectivity index (χ2v) is 4.90. The molecule has 14 heavy (non-hydrogen) atoms. The predicted molar refractivity (Wildman–Crippen MR) is 63.2 cm³/mol. The Morgan fingerprint density at radius 3 is 2.43 bits per heavy atom. The van der Waals surface area contributed by atoms with Crippen molar-refractivity contribution in [2.24, 2.45) is 5.84 Å². The minimum absolute atomic E-state index is 0.580. The first-order chi connectivity index (χ1) is 6.72. The van der Waals surface area contributed by atoms with E-state index in [1.54, 1.807) is 0 Å². The van der Waals surface area contributed by atoms with Crippen LogP contribution in [0.2, 0.25) is 0 Å². The predicted octanol–water partition coefficient (Wildman–Crippen LogP) is 2.02. The molecule has 0 aliphatic carbocycles.